The second-order valence-corrected chi connectivity index (χ2v) is 5.39. The van der Waals surface area contributed by atoms with Gasteiger partial charge in [-0.25, -0.2) is 0 Å². The average molecular weight is 253 g/mol. The number of anilines is 1. The van der Waals surface area contributed by atoms with Gasteiger partial charge >= 0.3 is 0 Å². The highest BCUT2D eigenvalue weighted by atomic mass is 35.5. The summed E-state index contributed by atoms with van der Waals surface area (Å²) in [5, 5.41) is 0.813. The number of halogens is 1. The minimum absolute atomic E-state index is 0.547. The molecule has 1 aromatic carbocycles. The smallest absolute Gasteiger partial charge is 0.0642 e. The maximum Gasteiger partial charge on any atom is 0.0642 e. The van der Waals surface area contributed by atoms with Gasteiger partial charge in [0.05, 0.1) is 10.7 Å². The third-order valence-corrected chi connectivity index (χ3v) is 3.98. The molecule has 3 heteroatoms. The number of hydrogen-bond acceptors (Lipinski definition) is 2. The minimum atomic E-state index is 0.547. The van der Waals surface area contributed by atoms with Gasteiger partial charge < -0.3 is 10.6 Å². The molecule has 0 aromatic heterocycles. The van der Waals surface area contributed by atoms with Crippen LogP contribution in [0.4, 0.5) is 5.69 Å². The topological polar surface area (TPSA) is 29.3 Å². The molecule has 1 fully saturated rings. The van der Waals surface area contributed by atoms with Gasteiger partial charge in [-0.15, -0.1) is 0 Å². The highest BCUT2D eigenvalue weighted by molar-refractivity contribution is 6.33. The maximum atomic E-state index is 6.29. The van der Waals surface area contributed by atoms with Crippen molar-refractivity contribution in [2.45, 2.75) is 32.2 Å². The molecule has 0 unspecified atom stereocenters. The summed E-state index contributed by atoms with van der Waals surface area (Å²) in [7, 11) is 2.12. The molecule has 1 aliphatic rings. The van der Waals surface area contributed by atoms with Gasteiger partial charge in [-0.1, -0.05) is 36.6 Å². The van der Waals surface area contributed by atoms with E-state index in [1.165, 1.54) is 25.7 Å². The molecule has 0 spiro atoms. The van der Waals surface area contributed by atoms with Crippen LogP contribution < -0.4 is 10.6 Å². The quantitative estimate of drug-likeness (QED) is 0.890. The van der Waals surface area contributed by atoms with Crippen molar-refractivity contribution in [2.75, 3.05) is 18.5 Å². The summed E-state index contributed by atoms with van der Waals surface area (Å²) in [5.74, 6) is 0.821. The zero-order chi connectivity index (χ0) is 12.3. The Balaban J connectivity index is 2.14. The Labute approximate surface area is 109 Å². The predicted molar refractivity (Wildman–Crippen MR) is 74.6 cm³/mol. The van der Waals surface area contributed by atoms with Gasteiger partial charge in [0.1, 0.15) is 0 Å². The molecule has 17 heavy (non-hydrogen) atoms. The number of rotatable bonds is 4. The normalized spacial score (nSPS) is 16.4. The molecule has 1 aliphatic carbocycles. The largest absolute Gasteiger partial charge is 0.373 e. The van der Waals surface area contributed by atoms with Gasteiger partial charge in [-0.2, -0.15) is 0 Å². The second kappa shape index (κ2) is 5.74. The summed E-state index contributed by atoms with van der Waals surface area (Å²) in [6.45, 7) is 1.64. The van der Waals surface area contributed by atoms with Gasteiger partial charge in [-0.3, -0.25) is 0 Å². The Bertz CT molecular complexity index is 372. The number of hydrogen-bond donors (Lipinski definition) is 1. The van der Waals surface area contributed by atoms with E-state index < -0.39 is 0 Å². The van der Waals surface area contributed by atoms with E-state index in [1.54, 1.807) is 0 Å². The summed E-state index contributed by atoms with van der Waals surface area (Å²) in [4.78, 5) is 2.28. The fourth-order valence-electron chi connectivity index (χ4n) is 2.82. The maximum absolute atomic E-state index is 6.29. The van der Waals surface area contributed by atoms with Crippen molar-refractivity contribution in [3.8, 4) is 0 Å². The molecule has 0 radical (unpaired) electrons. The fourth-order valence-corrected chi connectivity index (χ4v) is 3.16. The van der Waals surface area contributed by atoms with E-state index in [0.717, 1.165) is 28.7 Å². The molecule has 0 atom stereocenters. The minimum Gasteiger partial charge on any atom is -0.373 e. The van der Waals surface area contributed by atoms with Crippen LogP contribution in [0, 0.1) is 5.92 Å². The molecule has 0 aliphatic heterocycles. The first-order valence-corrected chi connectivity index (χ1v) is 6.78. The summed E-state index contributed by atoms with van der Waals surface area (Å²) < 4.78 is 0. The molecule has 0 bridgehead atoms. The number of nitrogens with two attached hydrogens (primary N) is 1. The van der Waals surface area contributed by atoms with Gasteiger partial charge in [-0.05, 0) is 30.4 Å². The van der Waals surface area contributed by atoms with E-state index in [2.05, 4.69) is 18.0 Å². The summed E-state index contributed by atoms with van der Waals surface area (Å²) in [5.41, 5.74) is 8.03. The summed E-state index contributed by atoms with van der Waals surface area (Å²) in [6, 6.07) is 5.98. The number of para-hydroxylation sites is 1. The fraction of sp³-hybridized carbons (Fsp3) is 0.571. The van der Waals surface area contributed by atoms with Crippen LogP contribution in [-0.4, -0.2) is 13.6 Å². The van der Waals surface area contributed by atoms with E-state index in [4.69, 9.17) is 17.3 Å². The lowest BCUT2D eigenvalue weighted by atomic mass is 10.1. The van der Waals surface area contributed by atoms with Crippen LogP contribution in [0.15, 0.2) is 18.2 Å². The van der Waals surface area contributed by atoms with Gasteiger partial charge in [0, 0.05) is 20.1 Å². The van der Waals surface area contributed by atoms with E-state index in [0.29, 0.717) is 6.54 Å². The molecule has 0 saturated heterocycles. The van der Waals surface area contributed by atoms with Crippen LogP contribution in [0.1, 0.15) is 31.2 Å². The second-order valence-electron chi connectivity index (χ2n) is 4.98. The Morgan fingerprint density at radius 2 is 2.06 bits per heavy atom. The van der Waals surface area contributed by atoms with Crippen molar-refractivity contribution in [2.24, 2.45) is 11.7 Å². The molecular formula is C14H21ClN2. The Kier molecular flexibility index (Phi) is 4.30. The van der Waals surface area contributed by atoms with Crippen LogP contribution in [0.2, 0.25) is 5.02 Å². The van der Waals surface area contributed by atoms with E-state index in [1.807, 2.05) is 12.1 Å². The zero-order valence-electron chi connectivity index (χ0n) is 10.5. The van der Waals surface area contributed by atoms with Crippen molar-refractivity contribution in [3.05, 3.63) is 28.8 Å². The standard InChI is InChI=1S/C14H21ClN2/c1-17(10-11-5-2-3-6-11)14-12(9-16)7-4-8-13(14)15/h4,7-8,11H,2-3,5-6,9-10,16H2,1H3. The lowest BCUT2D eigenvalue weighted by Crippen LogP contribution is -2.25. The van der Waals surface area contributed by atoms with Crippen LogP contribution in [0.3, 0.4) is 0 Å². The third-order valence-electron chi connectivity index (χ3n) is 3.68. The molecular weight excluding hydrogens is 232 g/mol. The van der Waals surface area contributed by atoms with Crippen molar-refractivity contribution in [1.29, 1.82) is 0 Å². The highest BCUT2D eigenvalue weighted by Crippen LogP contribution is 2.32. The predicted octanol–water partition coefficient (Wildman–Crippen LogP) is 3.43. The monoisotopic (exact) mass is 252 g/mol. The first kappa shape index (κ1) is 12.7. The molecule has 0 heterocycles. The lowest BCUT2D eigenvalue weighted by molar-refractivity contribution is 0.546. The molecule has 2 N–H and O–H groups in total. The van der Waals surface area contributed by atoms with Crippen molar-refractivity contribution in [1.82, 2.24) is 0 Å². The first-order valence-electron chi connectivity index (χ1n) is 6.41. The number of benzene rings is 1. The Morgan fingerprint density at radius 1 is 1.35 bits per heavy atom. The third kappa shape index (κ3) is 2.93. The zero-order valence-corrected chi connectivity index (χ0v) is 11.2. The molecule has 1 saturated carbocycles. The molecule has 0 amide bonds. The molecule has 1 aromatic rings. The molecule has 94 valence electrons. The first-order chi connectivity index (χ1) is 8.22. The highest BCUT2D eigenvalue weighted by Gasteiger charge is 2.19. The molecule has 2 rings (SSSR count). The summed E-state index contributed by atoms with van der Waals surface area (Å²) in [6.07, 6.45) is 5.47. The van der Waals surface area contributed by atoms with Crippen LogP contribution in [0.25, 0.3) is 0 Å². The van der Waals surface area contributed by atoms with Crippen LogP contribution in [-0.2, 0) is 6.54 Å². The summed E-state index contributed by atoms with van der Waals surface area (Å²) >= 11 is 6.29. The Hall–Kier alpha value is -0.730. The lowest BCUT2D eigenvalue weighted by Gasteiger charge is -2.26. The van der Waals surface area contributed by atoms with Gasteiger partial charge in [0.15, 0.2) is 0 Å². The Morgan fingerprint density at radius 3 is 2.71 bits per heavy atom. The van der Waals surface area contributed by atoms with Crippen LogP contribution >= 0.6 is 11.6 Å². The van der Waals surface area contributed by atoms with Gasteiger partial charge in [0.25, 0.3) is 0 Å². The van der Waals surface area contributed by atoms with Crippen molar-refractivity contribution < 1.29 is 0 Å². The number of nitrogens with zero attached hydrogens (tertiary/aromatic N) is 1. The van der Waals surface area contributed by atoms with Gasteiger partial charge in [0.2, 0.25) is 0 Å². The SMILES string of the molecule is CN(CC1CCCC1)c1c(Cl)cccc1CN. The average Bonchev–Trinajstić information content (AvgIpc) is 2.81. The van der Waals surface area contributed by atoms with E-state index in [9.17, 15) is 0 Å². The van der Waals surface area contributed by atoms with Crippen molar-refractivity contribution >= 4 is 17.3 Å². The van der Waals surface area contributed by atoms with E-state index >= 15 is 0 Å². The van der Waals surface area contributed by atoms with Crippen molar-refractivity contribution in [3.63, 3.8) is 0 Å². The molecule has 2 nitrogen and oxygen atoms in total. The van der Waals surface area contributed by atoms with Crippen LogP contribution in [0.5, 0.6) is 0 Å². The van der Waals surface area contributed by atoms with E-state index in [-0.39, 0.29) is 0 Å².